The summed E-state index contributed by atoms with van der Waals surface area (Å²) in [6.07, 6.45) is 1.40. The summed E-state index contributed by atoms with van der Waals surface area (Å²) in [5.74, 6) is 0.476. The summed E-state index contributed by atoms with van der Waals surface area (Å²) in [5.41, 5.74) is 0.808. The van der Waals surface area contributed by atoms with Gasteiger partial charge in [-0.05, 0) is 28.9 Å². The predicted molar refractivity (Wildman–Crippen MR) is 79.7 cm³/mol. The number of rotatable bonds is 4. The molecule has 1 aromatic heterocycles. The summed E-state index contributed by atoms with van der Waals surface area (Å²) >= 11 is 3.18. The maximum Gasteiger partial charge on any atom is 0.270 e. The Morgan fingerprint density at radius 1 is 1.48 bits per heavy atom. The quantitative estimate of drug-likeness (QED) is 0.621. The first-order valence-electron chi connectivity index (χ1n) is 5.97. The number of aromatic nitrogens is 2. The highest BCUT2D eigenvalue weighted by molar-refractivity contribution is 9.10. The van der Waals surface area contributed by atoms with Crippen molar-refractivity contribution in [2.45, 2.75) is 13.5 Å². The fraction of sp³-hybridized carbons (Fsp3) is 0.231. The molecule has 0 unspecified atom stereocenters. The van der Waals surface area contributed by atoms with E-state index in [2.05, 4.69) is 20.9 Å². The summed E-state index contributed by atoms with van der Waals surface area (Å²) < 4.78 is 6.91. The van der Waals surface area contributed by atoms with Crippen LogP contribution in [-0.2, 0) is 6.54 Å². The molecule has 0 aliphatic rings. The number of hydrogen-bond donors (Lipinski definition) is 0. The van der Waals surface area contributed by atoms with Crippen molar-refractivity contribution in [3.8, 4) is 5.75 Å². The van der Waals surface area contributed by atoms with E-state index >= 15 is 0 Å². The Labute approximate surface area is 128 Å². The fourth-order valence-electron chi connectivity index (χ4n) is 1.84. The topological polar surface area (TPSA) is 87.3 Å². The fourth-order valence-corrected chi connectivity index (χ4v) is 2.17. The number of aryl methyl sites for hydroxylation is 1. The molecule has 0 saturated carbocycles. The van der Waals surface area contributed by atoms with Crippen LogP contribution in [0.15, 0.2) is 33.8 Å². The third-order valence-corrected chi connectivity index (χ3v) is 3.89. The summed E-state index contributed by atoms with van der Waals surface area (Å²) in [6, 6.07) is 4.25. The van der Waals surface area contributed by atoms with Crippen LogP contribution >= 0.6 is 15.9 Å². The Hall–Kier alpha value is -2.22. The van der Waals surface area contributed by atoms with E-state index in [-0.39, 0.29) is 17.8 Å². The summed E-state index contributed by atoms with van der Waals surface area (Å²) in [7, 11) is 1.47. The molecular formula is C13H12BrN3O4. The molecule has 1 aromatic carbocycles. The van der Waals surface area contributed by atoms with Crippen molar-refractivity contribution < 1.29 is 9.66 Å². The van der Waals surface area contributed by atoms with Gasteiger partial charge in [0.15, 0.2) is 0 Å². The van der Waals surface area contributed by atoms with Crippen molar-refractivity contribution in [2.75, 3.05) is 7.11 Å². The van der Waals surface area contributed by atoms with E-state index in [1.165, 1.54) is 36.2 Å². The molecule has 1 heterocycles. The van der Waals surface area contributed by atoms with Crippen LogP contribution in [0.1, 0.15) is 11.3 Å². The van der Waals surface area contributed by atoms with Crippen molar-refractivity contribution in [2.24, 2.45) is 0 Å². The molecule has 0 aliphatic heterocycles. The van der Waals surface area contributed by atoms with E-state index in [9.17, 15) is 14.9 Å². The van der Waals surface area contributed by atoms with E-state index in [1.807, 2.05) is 0 Å². The summed E-state index contributed by atoms with van der Waals surface area (Å²) in [5, 5.41) is 10.8. The third-order valence-electron chi connectivity index (χ3n) is 2.97. The maximum absolute atomic E-state index is 12.1. The number of ether oxygens (including phenoxy) is 1. The zero-order chi connectivity index (χ0) is 15.6. The van der Waals surface area contributed by atoms with Crippen molar-refractivity contribution >= 4 is 21.6 Å². The maximum atomic E-state index is 12.1. The molecule has 2 rings (SSSR count). The lowest BCUT2D eigenvalue weighted by atomic mass is 10.1. The van der Waals surface area contributed by atoms with Gasteiger partial charge in [0.1, 0.15) is 10.2 Å². The van der Waals surface area contributed by atoms with Gasteiger partial charge in [-0.25, -0.2) is 4.98 Å². The van der Waals surface area contributed by atoms with Gasteiger partial charge in [-0.15, -0.1) is 0 Å². The highest BCUT2D eigenvalue weighted by Crippen LogP contribution is 2.24. The zero-order valence-corrected chi connectivity index (χ0v) is 13.0. The number of nitro benzene ring substituents is 1. The van der Waals surface area contributed by atoms with Crippen LogP contribution < -0.4 is 10.3 Å². The van der Waals surface area contributed by atoms with E-state index in [1.54, 1.807) is 6.92 Å². The molecule has 0 aliphatic carbocycles. The molecule has 110 valence electrons. The molecule has 0 amide bonds. The minimum atomic E-state index is -0.491. The summed E-state index contributed by atoms with van der Waals surface area (Å²) in [4.78, 5) is 26.6. The lowest BCUT2D eigenvalue weighted by Crippen LogP contribution is -2.23. The molecule has 0 saturated heterocycles. The number of hydrogen-bond acceptors (Lipinski definition) is 5. The molecule has 8 heteroatoms. The Balaban J connectivity index is 2.48. The molecule has 21 heavy (non-hydrogen) atoms. The Morgan fingerprint density at radius 2 is 2.19 bits per heavy atom. The minimum absolute atomic E-state index is 0.0574. The first kappa shape index (κ1) is 15.2. The van der Waals surface area contributed by atoms with Crippen molar-refractivity contribution in [1.29, 1.82) is 0 Å². The second-order valence-corrected chi connectivity index (χ2v) is 5.12. The molecular weight excluding hydrogens is 342 g/mol. The van der Waals surface area contributed by atoms with Crippen molar-refractivity contribution in [3.05, 3.63) is 60.7 Å². The molecule has 0 atom stereocenters. The van der Waals surface area contributed by atoms with Crippen LogP contribution in [0.2, 0.25) is 0 Å². The Morgan fingerprint density at radius 3 is 2.81 bits per heavy atom. The molecule has 0 radical (unpaired) electrons. The predicted octanol–water partition coefficient (Wildman–Crippen LogP) is 2.28. The van der Waals surface area contributed by atoms with Gasteiger partial charge >= 0.3 is 0 Å². The van der Waals surface area contributed by atoms with Gasteiger partial charge in [0, 0.05) is 17.7 Å². The van der Waals surface area contributed by atoms with Gasteiger partial charge in [0.2, 0.25) is 0 Å². The first-order valence-corrected chi connectivity index (χ1v) is 6.76. The SMILES string of the molecule is COc1ccc([N+](=O)[O-])cc1Cn1cnc(C)c(Br)c1=O. The standard InChI is InChI=1S/C13H12BrN3O4/c1-8-12(14)13(18)16(7-15-8)6-9-5-10(17(19)20)3-4-11(9)21-2/h3-5,7H,6H2,1-2H3. The van der Waals surface area contributed by atoms with E-state index in [4.69, 9.17) is 4.74 Å². The number of benzene rings is 1. The molecule has 2 aromatic rings. The zero-order valence-electron chi connectivity index (χ0n) is 11.4. The molecule has 0 spiro atoms. The average molecular weight is 354 g/mol. The monoisotopic (exact) mass is 353 g/mol. The number of halogens is 1. The van der Waals surface area contributed by atoms with Crippen LogP contribution in [0.3, 0.4) is 0 Å². The smallest absolute Gasteiger partial charge is 0.270 e. The van der Waals surface area contributed by atoms with Crippen LogP contribution in [0.4, 0.5) is 5.69 Å². The molecule has 0 fully saturated rings. The average Bonchev–Trinajstić information content (AvgIpc) is 2.47. The normalized spacial score (nSPS) is 10.4. The minimum Gasteiger partial charge on any atom is -0.496 e. The second kappa shape index (κ2) is 6.04. The van der Waals surface area contributed by atoms with Gasteiger partial charge in [-0.2, -0.15) is 0 Å². The van der Waals surface area contributed by atoms with Crippen LogP contribution in [0.5, 0.6) is 5.75 Å². The lowest BCUT2D eigenvalue weighted by molar-refractivity contribution is -0.384. The van der Waals surface area contributed by atoms with Gasteiger partial charge in [0.25, 0.3) is 11.2 Å². The number of methoxy groups -OCH3 is 1. The molecule has 0 N–H and O–H groups in total. The second-order valence-electron chi connectivity index (χ2n) is 4.33. The van der Waals surface area contributed by atoms with Crippen molar-refractivity contribution in [3.63, 3.8) is 0 Å². The van der Waals surface area contributed by atoms with Gasteiger partial charge in [0.05, 0.1) is 30.6 Å². The third kappa shape index (κ3) is 3.10. The van der Waals surface area contributed by atoms with Gasteiger partial charge < -0.3 is 4.74 Å². The lowest BCUT2D eigenvalue weighted by Gasteiger charge is -2.10. The highest BCUT2D eigenvalue weighted by Gasteiger charge is 2.13. The number of non-ortho nitro benzene ring substituents is 1. The number of nitrogens with zero attached hydrogens (tertiary/aromatic N) is 3. The summed E-state index contributed by atoms with van der Waals surface area (Å²) in [6.45, 7) is 1.85. The van der Waals surface area contributed by atoms with Gasteiger partial charge in [-0.3, -0.25) is 19.5 Å². The highest BCUT2D eigenvalue weighted by atomic mass is 79.9. The molecule has 7 nitrogen and oxygen atoms in total. The van der Waals surface area contributed by atoms with E-state index < -0.39 is 4.92 Å². The first-order chi connectivity index (χ1) is 9.93. The Bertz CT molecular complexity index is 758. The number of nitro groups is 1. The van der Waals surface area contributed by atoms with Crippen LogP contribution in [0.25, 0.3) is 0 Å². The van der Waals surface area contributed by atoms with E-state index in [0.29, 0.717) is 21.5 Å². The largest absolute Gasteiger partial charge is 0.496 e. The van der Waals surface area contributed by atoms with Crippen molar-refractivity contribution in [1.82, 2.24) is 9.55 Å². The Kier molecular flexibility index (Phi) is 4.37. The molecule has 0 bridgehead atoms. The van der Waals surface area contributed by atoms with Crippen LogP contribution in [0, 0.1) is 17.0 Å². The van der Waals surface area contributed by atoms with Crippen LogP contribution in [-0.4, -0.2) is 21.6 Å². The van der Waals surface area contributed by atoms with Gasteiger partial charge in [-0.1, -0.05) is 0 Å². The van der Waals surface area contributed by atoms with E-state index in [0.717, 1.165) is 0 Å².